The third kappa shape index (κ3) is 4.44. The van der Waals surface area contributed by atoms with Gasteiger partial charge in [-0.3, -0.25) is 5.32 Å². The van der Waals surface area contributed by atoms with Crippen molar-refractivity contribution in [2.24, 2.45) is 0 Å². The Morgan fingerprint density at radius 3 is 2.65 bits per heavy atom. The molecule has 0 saturated carbocycles. The van der Waals surface area contributed by atoms with Crippen LogP contribution in [0, 0.1) is 5.82 Å². The molecule has 0 unspecified atom stereocenters. The maximum Gasteiger partial charge on any atom is 0.165 e. The first-order chi connectivity index (χ1) is 10.8. The van der Waals surface area contributed by atoms with Gasteiger partial charge in [0.25, 0.3) is 0 Å². The molecule has 2 N–H and O–H groups in total. The van der Waals surface area contributed by atoms with E-state index in [-0.39, 0.29) is 11.7 Å². The summed E-state index contributed by atoms with van der Waals surface area (Å²) in [5, 5.41) is 14.2. The van der Waals surface area contributed by atoms with Crippen molar-refractivity contribution in [2.45, 2.75) is 25.5 Å². The van der Waals surface area contributed by atoms with Gasteiger partial charge in [-0.15, -0.1) is 0 Å². The highest BCUT2D eigenvalue weighted by Gasteiger charge is 2.23. The Morgan fingerprint density at radius 2 is 2.04 bits per heavy atom. The van der Waals surface area contributed by atoms with Gasteiger partial charge in [-0.25, -0.2) is 4.39 Å². The third-order valence-electron chi connectivity index (χ3n) is 3.88. The molecule has 0 aromatic heterocycles. The number of benzene rings is 2. The molecule has 0 aliphatic rings. The summed E-state index contributed by atoms with van der Waals surface area (Å²) in [5.41, 5.74) is 0.292. The Labute approximate surface area is 141 Å². The number of rotatable bonds is 6. The molecule has 2 rings (SSSR count). The molecule has 0 spiro atoms. The van der Waals surface area contributed by atoms with Crippen molar-refractivity contribution in [3.8, 4) is 5.75 Å². The Kier molecular flexibility index (Phi) is 5.63. The van der Waals surface area contributed by atoms with Crippen LogP contribution >= 0.6 is 11.6 Å². The number of ether oxygens (including phenoxy) is 1. The van der Waals surface area contributed by atoms with Gasteiger partial charge < -0.3 is 9.84 Å². The molecule has 0 bridgehead atoms. The molecule has 124 valence electrons. The molecule has 2 aromatic rings. The molecule has 0 heterocycles. The number of hydrogen-bond acceptors (Lipinski definition) is 3. The lowest BCUT2D eigenvalue weighted by Gasteiger charge is -2.27. The van der Waals surface area contributed by atoms with Crippen molar-refractivity contribution in [1.29, 1.82) is 0 Å². The van der Waals surface area contributed by atoms with E-state index in [1.54, 1.807) is 37.3 Å². The van der Waals surface area contributed by atoms with Crippen molar-refractivity contribution in [3.63, 3.8) is 0 Å². The summed E-state index contributed by atoms with van der Waals surface area (Å²) in [6.45, 7) is 4.10. The van der Waals surface area contributed by atoms with Crippen LogP contribution in [0.2, 0.25) is 5.02 Å². The average molecular weight is 338 g/mol. The third-order valence-corrected chi connectivity index (χ3v) is 4.12. The summed E-state index contributed by atoms with van der Waals surface area (Å²) < 4.78 is 18.7. The quantitative estimate of drug-likeness (QED) is 0.781. The van der Waals surface area contributed by atoms with Gasteiger partial charge in [0.2, 0.25) is 0 Å². The van der Waals surface area contributed by atoms with E-state index in [4.69, 9.17) is 16.3 Å². The Hall–Kier alpha value is -1.62. The van der Waals surface area contributed by atoms with E-state index in [1.165, 1.54) is 13.2 Å². The molecular formula is C18H21ClFNO2. The van der Waals surface area contributed by atoms with Crippen LogP contribution < -0.4 is 10.1 Å². The van der Waals surface area contributed by atoms with Gasteiger partial charge in [0, 0.05) is 11.6 Å². The van der Waals surface area contributed by atoms with Crippen LogP contribution in [-0.2, 0) is 5.72 Å². The molecule has 5 heteroatoms. The first-order valence-corrected chi connectivity index (χ1v) is 7.78. The van der Waals surface area contributed by atoms with E-state index in [0.717, 1.165) is 5.56 Å². The average Bonchev–Trinajstić information content (AvgIpc) is 2.52. The summed E-state index contributed by atoms with van der Waals surface area (Å²) in [4.78, 5) is 0. The molecule has 0 aliphatic heterocycles. The van der Waals surface area contributed by atoms with Crippen molar-refractivity contribution in [3.05, 3.63) is 64.4 Å². The largest absolute Gasteiger partial charge is 0.494 e. The number of nitrogens with one attached hydrogen (secondary N) is 1. The smallest absolute Gasteiger partial charge is 0.165 e. The lowest BCUT2D eigenvalue weighted by molar-refractivity contribution is 0.0189. The monoisotopic (exact) mass is 337 g/mol. The second-order valence-corrected chi connectivity index (χ2v) is 6.19. The molecule has 0 fully saturated rings. The fourth-order valence-electron chi connectivity index (χ4n) is 2.35. The molecule has 23 heavy (non-hydrogen) atoms. The zero-order chi connectivity index (χ0) is 17.0. The Bertz CT molecular complexity index is 676. The zero-order valence-corrected chi connectivity index (χ0v) is 14.2. The van der Waals surface area contributed by atoms with Crippen LogP contribution in [0.15, 0.2) is 42.5 Å². The zero-order valence-electron chi connectivity index (χ0n) is 13.4. The summed E-state index contributed by atoms with van der Waals surface area (Å²) in [6.07, 6.45) is 0. The van der Waals surface area contributed by atoms with E-state index in [1.807, 2.05) is 13.0 Å². The number of aliphatic hydroxyl groups is 1. The first-order valence-electron chi connectivity index (χ1n) is 7.40. The van der Waals surface area contributed by atoms with Crippen LogP contribution in [0.4, 0.5) is 4.39 Å². The van der Waals surface area contributed by atoms with E-state index >= 15 is 0 Å². The predicted molar refractivity (Wildman–Crippen MR) is 90.4 cm³/mol. The number of halogens is 2. The minimum Gasteiger partial charge on any atom is -0.494 e. The van der Waals surface area contributed by atoms with Crippen LogP contribution in [-0.4, -0.2) is 18.8 Å². The van der Waals surface area contributed by atoms with Gasteiger partial charge in [-0.2, -0.15) is 0 Å². The molecule has 2 atom stereocenters. The van der Waals surface area contributed by atoms with E-state index in [2.05, 4.69) is 5.32 Å². The lowest BCUT2D eigenvalue weighted by Crippen LogP contribution is -2.41. The predicted octanol–water partition coefficient (Wildman–Crippen LogP) is 4.05. The van der Waals surface area contributed by atoms with Crippen molar-refractivity contribution >= 4 is 11.6 Å². The Balaban J connectivity index is 2.06. The van der Waals surface area contributed by atoms with E-state index in [9.17, 15) is 9.50 Å². The number of methoxy groups -OCH3 is 1. The summed E-state index contributed by atoms with van der Waals surface area (Å²) in [6, 6.07) is 11.9. The highest BCUT2D eigenvalue weighted by Crippen LogP contribution is 2.25. The fourth-order valence-corrected chi connectivity index (χ4v) is 2.54. The highest BCUT2D eigenvalue weighted by molar-refractivity contribution is 6.30. The molecule has 0 saturated heterocycles. The van der Waals surface area contributed by atoms with Crippen LogP contribution in [0.3, 0.4) is 0 Å². The Morgan fingerprint density at radius 1 is 1.30 bits per heavy atom. The normalized spacial score (nSPS) is 15.0. The minimum atomic E-state index is -1.22. The van der Waals surface area contributed by atoms with Crippen molar-refractivity contribution < 1.29 is 14.2 Å². The van der Waals surface area contributed by atoms with Gasteiger partial charge in [0.1, 0.15) is 5.72 Å². The molecule has 0 radical (unpaired) electrons. The SMILES string of the molecule is COc1ccc([C@@H](C)CN[C@@](C)(O)c2cccc(Cl)c2)cc1F. The van der Waals surface area contributed by atoms with Gasteiger partial charge in [-0.05, 0) is 48.2 Å². The van der Waals surface area contributed by atoms with Crippen LogP contribution in [0.1, 0.15) is 30.9 Å². The van der Waals surface area contributed by atoms with Crippen molar-refractivity contribution in [1.82, 2.24) is 5.32 Å². The van der Waals surface area contributed by atoms with Crippen LogP contribution in [0.5, 0.6) is 5.75 Å². The molecule has 0 aliphatic carbocycles. The standard InChI is InChI=1S/C18H21ClFNO2/c1-12(13-7-8-17(23-3)16(20)9-13)11-21-18(2,22)14-5-4-6-15(19)10-14/h4-10,12,21-22H,11H2,1-3H3/t12-,18-/m0/s1. The summed E-state index contributed by atoms with van der Waals surface area (Å²) in [5.74, 6) is -0.153. The minimum absolute atomic E-state index is 0.0149. The fraction of sp³-hybridized carbons (Fsp3) is 0.333. The topological polar surface area (TPSA) is 41.5 Å². The summed E-state index contributed by atoms with van der Waals surface area (Å²) >= 11 is 5.96. The number of hydrogen-bond donors (Lipinski definition) is 2. The van der Waals surface area contributed by atoms with Gasteiger partial charge >= 0.3 is 0 Å². The summed E-state index contributed by atoms with van der Waals surface area (Å²) in [7, 11) is 1.44. The van der Waals surface area contributed by atoms with Crippen LogP contribution in [0.25, 0.3) is 0 Å². The molecule has 0 amide bonds. The second-order valence-electron chi connectivity index (χ2n) is 5.76. The molecular weight excluding hydrogens is 317 g/mol. The molecule has 3 nitrogen and oxygen atoms in total. The van der Waals surface area contributed by atoms with E-state index < -0.39 is 11.5 Å². The van der Waals surface area contributed by atoms with Gasteiger partial charge in [0.05, 0.1) is 7.11 Å². The maximum absolute atomic E-state index is 13.8. The highest BCUT2D eigenvalue weighted by atomic mass is 35.5. The van der Waals surface area contributed by atoms with E-state index in [0.29, 0.717) is 17.1 Å². The molecule has 2 aromatic carbocycles. The first kappa shape index (κ1) is 17.7. The maximum atomic E-state index is 13.8. The lowest BCUT2D eigenvalue weighted by atomic mass is 9.99. The second kappa shape index (κ2) is 7.30. The van der Waals surface area contributed by atoms with Crippen molar-refractivity contribution in [2.75, 3.05) is 13.7 Å². The van der Waals surface area contributed by atoms with Gasteiger partial charge in [0.15, 0.2) is 11.6 Å². The van der Waals surface area contributed by atoms with Gasteiger partial charge in [-0.1, -0.05) is 36.7 Å².